The van der Waals surface area contributed by atoms with Crippen molar-refractivity contribution in [3.63, 3.8) is 0 Å². The van der Waals surface area contributed by atoms with Gasteiger partial charge in [0.05, 0.1) is 9.60 Å². The number of aromatic nitrogens is 1. The van der Waals surface area contributed by atoms with Crippen LogP contribution in [0.2, 0.25) is 5.02 Å². The summed E-state index contributed by atoms with van der Waals surface area (Å²) in [5.41, 5.74) is -0.0624. The second kappa shape index (κ2) is 11.5. The number of thiazole rings is 1. The third-order valence-electron chi connectivity index (χ3n) is 4.95. The van der Waals surface area contributed by atoms with Crippen LogP contribution in [-0.2, 0) is 14.6 Å². The van der Waals surface area contributed by atoms with E-state index < -0.39 is 33.1 Å². The monoisotopic (exact) mass is 537 g/mol. The highest BCUT2D eigenvalue weighted by Gasteiger charge is 2.27. The Kier molecular flexibility index (Phi) is 9.57. The van der Waals surface area contributed by atoms with Crippen LogP contribution >= 0.6 is 35.3 Å². The minimum absolute atomic E-state index is 0. The molecule has 3 aromatic rings. The molecule has 1 amide bonds. The van der Waals surface area contributed by atoms with Gasteiger partial charge in [0.25, 0.3) is 0 Å². The number of hydrogen-bond acceptors (Lipinski definition) is 6. The summed E-state index contributed by atoms with van der Waals surface area (Å²) in [5.74, 6) is -3.09. The van der Waals surface area contributed by atoms with Gasteiger partial charge in [-0.05, 0) is 43.4 Å². The Morgan fingerprint density at radius 3 is 2.33 bits per heavy atom. The number of amides is 1. The lowest BCUT2D eigenvalue weighted by atomic mass is 10.3. The van der Waals surface area contributed by atoms with Gasteiger partial charge in [0.1, 0.15) is 17.1 Å². The van der Waals surface area contributed by atoms with Crippen LogP contribution in [0.3, 0.4) is 0 Å². The Balaban J connectivity index is 0.00000385. The summed E-state index contributed by atoms with van der Waals surface area (Å²) in [6, 6.07) is 7.39. The van der Waals surface area contributed by atoms with Gasteiger partial charge in [-0.1, -0.05) is 36.8 Å². The zero-order valence-electron chi connectivity index (χ0n) is 17.9. The van der Waals surface area contributed by atoms with Gasteiger partial charge in [-0.3, -0.25) is 9.69 Å². The minimum atomic E-state index is -3.94. The van der Waals surface area contributed by atoms with E-state index in [9.17, 15) is 22.0 Å². The molecule has 0 unspecified atom stereocenters. The molecule has 0 saturated carbocycles. The van der Waals surface area contributed by atoms with Gasteiger partial charge in [0.15, 0.2) is 20.8 Å². The van der Waals surface area contributed by atoms with Crippen molar-refractivity contribution in [1.82, 2.24) is 9.88 Å². The molecule has 3 rings (SSSR count). The van der Waals surface area contributed by atoms with Crippen molar-refractivity contribution >= 4 is 66.4 Å². The molecular weight excluding hydrogens is 515 g/mol. The maximum absolute atomic E-state index is 14.2. The van der Waals surface area contributed by atoms with E-state index in [1.165, 1.54) is 29.2 Å². The van der Waals surface area contributed by atoms with Gasteiger partial charge in [-0.2, -0.15) is 0 Å². The standard InChI is InChI=1S/C21H22ClF2N3O3S2.ClH/c1-3-26(4-2)9-10-27(21-25-20-17(24)11-15(23)12-18(20)31-21)19(28)13-32(29,30)16-7-5-14(22)6-8-16;/h5-8,11-12H,3-4,9-10,13H2,1-2H3;1H. The first kappa shape index (κ1) is 27.4. The molecule has 12 heteroatoms. The second-order valence-corrected chi connectivity index (χ2v) is 10.5. The first-order valence-corrected chi connectivity index (χ1v) is 12.8. The van der Waals surface area contributed by atoms with Crippen molar-refractivity contribution in [3.8, 4) is 0 Å². The molecule has 0 radical (unpaired) electrons. The smallest absolute Gasteiger partial charge is 0.244 e. The summed E-state index contributed by atoms with van der Waals surface area (Å²) in [4.78, 5) is 20.5. The highest BCUT2D eigenvalue weighted by atomic mass is 35.5. The average molecular weight is 538 g/mol. The van der Waals surface area contributed by atoms with E-state index in [2.05, 4.69) is 9.88 Å². The zero-order chi connectivity index (χ0) is 23.5. The Morgan fingerprint density at radius 2 is 1.73 bits per heavy atom. The van der Waals surface area contributed by atoms with Crippen LogP contribution in [0.15, 0.2) is 41.3 Å². The number of nitrogens with zero attached hydrogens (tertiary/aromatic N) is 3. The lowest BCUT2D eigenvalue weighted by Gasteiger charge is -2.24. The zero-order valence-corrected chi connectivity index (χ0v) is 21.1. The van der Waals surface area contributed by atoms with E-state index in [4.69, 9.17) is 11.6 Å². The summed E-state index contributed by atoms with van der Waals surface area (Å²) < 4.78 is 53.6. The predicted molar refractivity (Wildman–Crippen MR) is 130 cm³/mol. The molecule has 0 N–H and O–H groups in total. The van der Waals surface area contributed by atoms with Crippen LogP contribution in [0.5, 0.6) is 0 Å². The number of anilines is 1. The maximum Gasteiger partial charge on any atom is 0.244 e. The van der Waals surface area contributed by atoms with Crippen molar-refractivity contribution in [2.24, 2.45) is 0 Å². The predicted octanol–water partition coefficient (Wildman–Crippen LogP) is 4.80. The highest BCUT2D eigenvalue weighted by molar-refractivity contribution is 7.92. The lowest BCUT2D eigenvalue weighted by Crippen LogP contribution is -2.41. The molecule has 2 aromatic carbocycles. The van der Waals surface area contributed by atoms with E-state index in [0.717, 1.165) is 36.6 Å². The Hall–Kier alpha value is -1.85. The minimum Gasteiger partial charge on any atom is -0.302 e. The fourth-order valence-electron chi connectivity index (χ4n) is 3.13. The van der Waals surface area contributed by atoms with Crippen molar-refractivity contribution in [2.75, 3.05) is 36.8 Å². The molecule has 1 aromatic heterocycles. The summed E-state index contributed by atoms with van der Waals surface area (Å²) in [6.45, 7) is 6.03. The number of fused-ring (bicyclic) bond motifs is 1. The number of benzene rings is 2. The van der Waals surface area contributed by atoms with Gasteiger partial charge in [-0.15, -0.1) is 12.4 Å². The van der Waals surface area contributed by atoms with Crippen molar-refractivity contribution in [2.45, 2.75) is 18.7 Å². The van der Waals surface area contributed by atoms with Gasteiger partial charge in [0.2, 0.25) is 5.91 Å². The Labute approximate surface area is 206 Å². The normalized spacial score (nSPS) is 11.6. The van der Waals surface area contributed by atoms with Gasteiger partial charge in [0, 0.05) is 24.2 Å². The van der Waals surface area contributed by atoms with Crippen LogP contribution in [0, 0.1) is 11.6 Å². The van der Waals surface area contributed by atoms with Crippen molar-refractivity contribution in [3.05, 3.63) is 53.1 Å². The van der Waals surface area contributed by atoms with Crippen LogP contribution < -0.4 is 4.90 Å². The maximum atomic E-state index is 14.2. The molecular formula is C21H23Cl2F2N3O3S2. The summed E-state index contributed by atoms with van der Waals surface area (Å²) in [6.07, 6.45) is 0. The molecule has 0 spiro atoms. The van der Waals surface area contributed by atoms with E-state index in [1.54, 1.807) is 0 Å². The summed E-state index contributed by atoms with van der Waals surface area (Å²) in [7, 11) is -3.94. The molecule has 6 nitrogen and oxygen atoms in total. The lowest BCUT2D eigenvalue weighted by molar-refractivity contribution is -0.116. The molecule has 0 atom stereocenters. The average Bonchev–Trinajstić information content (AvgIpc) is 3.15. The molecule has 0 saturated heterocycles. The molecule has 180 valence electrons. The molecule has 0 aliphatic carbocycles. The molecule has 0 fully saturated rings. The number of carbonyl (C=O) groups is 1. The largest absolute Gasteiger partial charge is 0.302 e. The molecule has 0 aliphatic heterocycles. The fourth-order valence-corrected chi connectivity index (χ4v) is 5.51. The number of carbonyl (C=O) groups excluding carboxylic acids is 1. The van der Waals surface area contributed by atoms with Crippen molar-refractivity contribution in [1.29, 1.82) is 0 Å². The third-order valence-corrected chi connectivity index (χ3v) is 7.85. The SMILES string of the molecule is CCN(CC)CCN(C(=O)CS(=O)(=O)c1ccc(Cl)cc1)c1nc2c(F)cc(F)cc2s1.Cl. The third kappa shape index (κ3) is 6.60. The number of hydrogen-bond donors (Lipinski definition) is 0. The van der Waals surface area contributed by atoms with E-state index >= 15 is 0 Å². The van der Waals surface area contributed by atoms with E-state index in [-0.39, 0.29) is 39.2 Å². The van der Waals surface area contributed by atoms with E-state index in [0.29, 0.717) is 11.6 Å². The highest BCUT2D eigenvalue weighted by Crippen LogP contribution is 2.31. The first-order chi connectivity index (χ1) is 15.1. The first-order valence-electron chi connectivity index (χ1n) is 9.91. The number of sulfone groups is 1. The van der Waals surface area contributed by atoms with Gasteiger partial charge < -0.3 is 4.90 Å². The number of likely N-dealkylation sites (N-methyl/N-ethyl adjacent to an activating group) is 1. The molecule has 0 bridgehead atoms. The second-order valence-electron chi connectivity index (χ2n) is 7.02. The summed E-state index contributed by atoms with van der Waals surface area (Å²) in [5, 5.41) is 0.493. The van der Waals surface area contributed by atoms with Crippen LogP contribution in [-0.4, -0.2) is 56.1 Å². The number of halogens is 4. The van der Waals surface area contributed by atoms with Crippen LogP contribution in [0.1, 0.15) is 13.8 Å². The van der Waals surface area contributed by atoms with Crippen LogP contribution in [0.4, 0.5) is 13.9 Å². The van der Waals surface area contributed by atoms with Gasteiger partial charge >= 0.3 is 0 Å². The molecule has 0 aliphatic rings. The van der Waals surface area contributed by atoms with Crippen LogP contribution in [0.25, 0.3) is 10.2 Å². The Morgan fingerprint density at radius 1 is 1.09 bits per heavy atom. The number of rotatable bonds is 9. The van der Waals surface area contributed by atoms with E-state index in [1.807, 2.05) is 13.8 Å². The fraction of sp³-hybridized carbons (Fsp3) is 0.333. The quantitative estimate of drug-likeness (QED) is 0.392. The van der Waals surface area contributed by atoms with Crippen molar-refractivity contribution < 1.29 is 22.0 Å². The van der Waals surface area contributed by atoms with Gasteiger partial charge in [-0.25, -0.2) is 22.2 Å². The Bertz CT molecular complexity index is 1220. The molecule has 1 heterocycles. The topological polar surface area (TPSA) is 70.6 Å². The molecule has 33 heavy (non-hydrogen) atoms. The summed E-state index contributed by atoms with van der Waals surface area (Å²) >= 11 is 6.76.